The molecule has 0 bridgehead atoms. The third-order valence-electron chi connectivity index (χ3n) is 6.06. The van der Waals surface area contributed by atoms with E-state index in [1.165, 1.54) is 0 Å². The third kappa shape index (κ3) is 7.49. The maximum Gasteiger partial charge on any atom is 0.323 e. The predicted octanol–water partition coefficient (Wildman–Crippen LogP) is 6.15. The molecule has 0 atom stereocenters. The number of para-hydroxylation sites is 2. The fraction of sp³-hybridized carbons (Fsp3) is 0.226. The van der Waals surface area contributed by atoms with Gasteiger partial charge in [0.15, 0.2) is 0 Å². The summed E-state index contributed by atoms with van der Waals surface area (Å²) in [4.78, 5) is 22.4. The summed E-state index contributed by atoms with van der Waals surface area (Å²) in [6.07, 6.45) is 7.70. The number of carboxylic acids is 2. The molecule has 4 rings (SSSR count). The Labute approximate surface area is 221 Å². The molecule has 0 saturated heterocycles. The number of hydrogen-bond acceptors (Lipinski definition) is 4. The van der Waals surface area contributed by atoms with Gasteiger partial charge in [-0.1, -0.05) is 60.7 Å². The van der Waals surface area contributed by atoms with Gasteiger partial charge in [0.1, 0.15) is 18.0 Å². The molecule has 0 aliphatic rings. The molecular formula is C31H31NO6. The van der Waals surface area contributed by atoms with E-state index in [2.05, 4.69) is 0 Å². The van der Waals surface area contributed by atoms with Gasteiger partial charge in [0.25, 0.3) is 0 Å². The van der Waals surface area contributed by atoms with Crippen molar-refractivity contribution in [1.82, 2.24) is 4.57 Å². The van der Waals surface area contributed by atoms with Crippen molar-refractivity contribution < 1.29 is 29.3 Å². The number of aliphatic carboxylic acids is 2. The van der Waals surface area contributed by atoms with Crippen LogP contribution in [0.5, 0.6) is 11.5 Å². The van der Waals surface area contributed by atoms with Crippen molar-refractivity contribution in [3.63, 3.8) is 0 Å². The standard InChI is InChI=1S/C31H31NO6/c33-29(34)12-5-8-25-21-32(22-30(35)36)31-24(7-4-11-28(25)31)16-13-23-14-17-27(18-15-23)38-20-6-19-37-26-9-2-1-3-10-26/h1-4,7,9-11,13-18,21H,5-6,8,12,19-20,22H2,(H,33,34)(H,35,36). The average Bonchev–Trinajstić information content (AvgIpc) is 3.25. The molecule has 0 saturated carbocycles. The molecular weight excluding hydrogens is 482 g/mol. The number of ether oxygens (including phenoxy) is 2. The lowest BCUT2D eigenvalue weighted by atomic mass is 10.0. The quantitative estimate of drug-likeness (QED) is 0.155. The highest BCUT2D eigenvalue weighted by molar-refractivity contribution is 5.94. The Morgan fingerprint density at radius 2 is 1.47 bits per heavy atom. The average molecular weight is 514 g/mol. The number of aromatic nitrogens is 1. The summed E-state index contributed by atoms with van der Waals surface area (Å²) in [5.41, 5.74) is 3.66. The van der Waals surface area contributed by atoms with Crippen molar-refractivity contribution in [1.29, 1.82) is 0 Å². The van der Waals surface area contributed by atoms with Gasteiger partial charge in [0, 0.05) is 24.4 Å². The summed E-state index contributed by atoms with van der Waals surface area (Å²) in [5.74, 6) is -0.134. The second-order valence-corrected chi connectivity index (χ2v) is 8.93. The number of carboxylic acid groups (broad SMARTS) is 2. The lowest BCUT2D eigenvalue weighted by Gasteiger charge is -2.08. The second kappa shape index (κ2) is 13.1. The molecule has 0 spiro atoms. The highest BCUT2D eigenvalue weighted by Crippen LogP contribution is 2.28. The second-order valence-electron chi connectivity index (χ2n) is 8.93. The van der Waals surface area contributed by atoms with Crippen LogP contribution < -0.4 is 9.47 Å². The van der Waals surface area contributed by atoms with E-state index >= 15 is 0 Å². The fourth-order valence-electron chi connectivity index (χ4n) is 4.31. The molecule has 2 N–H and O–H groups in total. The van der Waals surface area contributed by atoms with Crippen molar-refractivity contribution in [2.45, 2.75) is 32.2 Å². The number of benzene rings is 3. The number of fused-ring (bicyclic) bond motifs is 1. The maximum atomic E-state index is 11.5. The lowest BCUT2D eigenvalue weighted by molar-refractivity contribution is -0.138. The zero-order chi connectivity index (χ0) is 26.7. The summed E-state index contributed by atoms with van der Waals surface area (Å²) in [5, 5.41) is 19.3. The van der Waals surface area contributed by atoms with E-state index in [1.54, 1.807) is 4.57 Å². The van der Waals surface area contributed by atoms with Gasteiger partial charge in [0.2, 0.25) is 0 Å². The molecule has 3 aromatic carbocycles. The molecule has 38 heavy (non-hydrogen) atoms. The van der Waals surface area contributed by atoms with Gasteiger partial charge >= 0.3 is 11.9 Å². The zero-order valence-electron chi connectivity index (χ0n) is 21.1. The molecule has 1 aromatic heterocycles. The molecule has 0 aliphatic carbocycles. The van der Waals surface area contributed by atoms with E-state index in [0.717, 1.165) is 45.5 Å². The molecule has 1 heterocycles. The highest BCUT2D eigenvalue weighted by Gasteiger charge is 2.13. The third-order valence-corrected chi connectivity index (χ3v) is 6.06. The molecule has 0 unspecified atom stereocenters. The first-order valence-electron chi connectivity index (χ1n) is 12.6. The van der Waals surface area contributed by atoms with E-state index < -0.39 is 11.9 Å². The normalized spacial score (nSPS) is 11.2. The Hall–Kier alpha value is -4.52. The first-order chi connectivity index (χ1) is 18.5. The first kappa shape index (κ1) is 26.5. The Kier molecular flexibility index (Phi) is 9.18. The molecule has 7 nitrogen and oxygen atoms in total. The van der Waals surface area contributed by atoms with Crippen LogP contribution in [0.25, 0.3) is 23.1 Å². The lowest BCUT2D eigenvalue weighted by Crippen LogP contribution is -2.07. The fourth-order valence-corrected chi connectivity index (χ4v) is 4.31. The molecule has 7 heteroatoms. The zero-order valence-corrected chi connectivity index (χ0v) is 21.1. The van der Waals surface area contributed by atoms with Gasteiger partial charge in [0.05, 0.1) is 18.7 Å². The maximum absolute atomic E-state index is 11.5. The van der Waals surface area contributed by atoms with Crippen molar-refractivity contribution in [3.05, 3.63) is 95.7 Å². The van der Waals surface area contributed by atoms with Gasteiger partial charge in [-0.2, -0.15) is 0 Å². The summed E-state index contributed by atoms with van der Waals surface area (Å²) in [7, 11) is 0. The van der Waals surface area contributed by atoms with E-state index in [1.807, 2.05) is 91.1 Å². The van der Waals surface area contributed by atoms with Crippen LogP contribution in [-0.4, -0.2) is 39.9 Å². The van der Waals surface area contributed by atoms with Crippen molar-refractivity contribution in [3.8, 4) is 11.5 Å². The van der Waals surface area contributed by atoms with Gasteiger partial charge in [-0.3, -0.25) is 9.59 Å². The van der Waals surface area contributed by atoms with Crippen LogP contribution in [0.2, 0.25) is 0 Å². The smallest absolute Gasteiger partial charge is 0.323 e. The topological polar surface area (TPSA) is 98.0 Å². The van der Waals surface area contributed by atoms with Crippen molar-refractivity contribution >= 4 is 35.0 Å². The van der Waals surface area contributed by atoms with Crippen LogP contribution in [0.3, 0.4) is 0 Å². The first-order valence-corrected chi connectivity index (χ1v) is 12.6. The van der Waals surface area contributed by atoms with E-state index in [4.69, 9.17) is 14.6 Å². The molecule has 0 radical (unpaired) electrons. The van der Waals surface area contributed by atoms with Crippen LogP contribution in [0.1, 0.15) is 36.0 Å². The number of rotatable bonds is 14. The predicted molar refractivity (Wildman–Crippen MR) is 148 cm³/mol. The SMILES string of the molecule is O=C(O)CCCc1cn(CC(=O)O)c2c(C=Cc3ccc(OCCCOc4ccccc4)cc3)cccc12. The minimum atomic E-state index is -0.931. The van der Waals surface area contributed by atoms with E-state index in [-0.39, 0.29) is 13.0 Å². The van der Waals surface area contributed by atoms with Crippen LogP contribution in [-0.2, 0) is 22.6 Å². The Bertz CT molecular complexity index is 1390. The Morgan fingerprint density at radius 3 is 2.16 bits per heavy atom. The van der Waals surface area contributed by atoms with Crippen LogP contribution in [0.4, 0.5) is 0 Å². The highest BCUT2D eigenvalue weighted by atomic mass is 16.5. The minimum absolute atomic E-state index is 0.0758. The monoisotopic (exact) mass is 513 g/mol. The molecule has 0 amide bonds. The van der Waals surface area contributed by atoms with Crippen molar-refractivity contribution in [2.24, 2.45) is 0 Å². The van der Waals surface area contributed by atoms with E-state index in [0.29, 0.717) is 26.1 Å². The summed E-state index contributed by atoms with van der Waals surface area (Å²) in [6.45, 7) is 0.976. The van der Waals surface area contributed by atoms with Crippen LogP contribution in [0.15, 0.2) is 79.0 Å². The minimum Gasteiger partial charge on any atom is -0.493 e. The van der Waals surface area contributed by atoms with Gasteiger partial charge in [-0.25, -0.2) is 0 Å². The Balaban J connectivity index is 1.40. The summed E-state index contributed by atoms with van der Waals surface area (Å²) < 4.78 is 13.2. The molecule has 0 aliphatic heterocycles. The molecule has 0 fully saturated rings. The van der Waals surface area contributed by atoms with Gasteiger partial charge in [-0.05, 0) is 53.8 Å². The number of hydrogen-bond donors (Lipinski definition) is 2. The largest absolute Gasteiger partial charge is 0.493 e. The van der Waals surface area contributed by atoms with Gasteiger partial charge in [-0.15, -0.1) is 0 Å². The van der Waals surface area contributed by atoms with Crippen molar-refractivity contribution in [2.75, 3.05) is 13.2 Å². The van der Waals surface area contributed by atoms with E-state index in [9.17, 15) is 14.7 Å². The summed E-state index contributed by atoms with van der Waals surface area (Å²) >= 11 is 0. The molecule has 4 aromatic rings. The number of nitrogens with zero attached hydrogens (tertiary/aromatic N) is 1. The van der Waals surface area contributed by atoms with Crippen LogP contribution >= 0.6 is 0 Å². The Morgan fingerprint density at radius 1 is 0.763 bits per heavy atom. The van der Waals surface area contributed by atoms with Crippen LogP contribution in [0, 0.1) is 0 Å². The summed E-state index contributed by atoms with van der Waals surface area (Å²) in [6, 6.07) is 23.3. The number of carbonyl (C=O) groups is 2. The van der Waals surface area contributed by atoms with Gasteiger partial charge < -0.3 is 24.3 Å². The number of aryl methyl sites for hydroxylation is 1. The molecule has 196 valence electrons.